The van der Waals surface area contributed by atoms with Gasteiger partial charge in [-0.25, -0.2) is 0 Å². The van der Waals surface area contributed by atoms with Crippen LogP contribution in [0.2, 0.25) is 0 Å². The van der Waals surface area contributed by atoms with E-state index in [1.54, 1.807) is 6.07 Å². The maximum Gasteiger partial charge on any atom is 0.101 e. The molecule has 2 rings (SSSR count). The lowest BCUT2D eigenvalue weighted by Gasteiger charge is -2.09. The molecule has 4 heteroatoms. The zero-order valence-corrected chi connectivity index (χ0v) is 10.4. The summed E-state index contributed by atoms with van der Waals surface area (Å²) in [5.74, 6) is 0.281. The minimum Gasteiger partial charge on any atom is -0.399 e. The topological polar surface area (TPSA) is 75.8 Å². The fourth-order valence-corrected chi connectivity index (χ4v) is 1.98. The van der Waals surface area contributed by atoms with Gasteiger partial charge in [-0.05, 0) is 41.0 Å². The molecule has 0 aliphatic rings. The van der Waals surface area contributed by atoms with Crippen molar-refractivity contribution < 1.29 is 0 Å². The Kier molecular flexibility index (Phi) is 3.40. The number of anilines is 2. The van der Waals surface area contributed by atoms with E-state index in [0.717, 1.165) is 16.7 Å². The monoisotopic (exact) mass is 257 g/mol. The van der Waals surface area contributed by atoms with Crippen LogP contribution in [0.25, 0.3) is 11.1 Å². The maximum absolute atomic E-state index is 9.06. The molecule has 90 valence electrons. The van der Waals surface area contributed by atoms with Gasteiger partial charge in [0.2, 0.25) is 0 Å². The van der Waals surface area contributed by atoms with E-state index in [1.165, 1.54) is 0 Å². The molecule has 0 atom stereocenters. The van der Waals surface area contributed by atoms with Crippen molar-refractivity contribution in [2.75, 3.05) is 11.5 Å². The Labute approximate surface area is 111 Å². The molecule has 2 aromatic carbocycles. The second-order valence-electron chi connectivity index (χ2n) is 3.96. The highest BCUT2D eigenvalue weighted by Crippen LogP contribution is 2.28. The summed E-state index contributed by atoms with van der Waals surface area (Å²) in [5.41, 5.74) is 15.8. The maximum atomic E-state index is 9.06. The van der Waals surface area contributed by atoms with Crippen molar-refractivity contribution >= 4 is 23.0 Å². The van der Waals surface area contributed by atoms with E-state index in [-0.39, 0.29) is 5.88 Å². The molecule has 0 unspecified atom stereocenters. The van der Waals surface area contributed by atoms with Gasteiger partial charge < -0.3 is 11.5 Å². The van der Waals surface area contributed by atoms with Gasteiger partial charge in [0.05, 0.1) is 11.3 Å². The largest absolute Gasteiger partial charge is 0.399 e. The molecule has 0 saturated carbocycles. The predicted molar refractivity (Wildman–Crippen MR) is 75.0 cm³/mol. The number of nitriles is 1. The molecule has 0 saturated heterocycles. The van der Waals surface area contributed by atoms with Gasteiger partial charge in [0.25, 0.3) is 0 Å². The second-order valence-corrected chi connectivity index (χ2v) is 4.23. The fourth-order valence-electron chi connectivity index (χ4n) is 1.76. The molecule has 0 aromatic heterocycles. The number of hydrogen-bond acceptors (Lipinski definition) is 3. The third-order valence-corrected chi connectivity index (χ3v) is 3.06. The summed E-state index contributed by atoms with van der Waals surface area (Å²) in [6.45, 7) is 0. The van der Waals surface area contributed by atoms with Gasteiger partial charge >= 0.3 is 0 Å². The third-order valence-electron chi connectivity index (χ3n) is 2.77. The van der Waals surface area contributed by atoms with Crippen molar-refractivity contribution in [3.63, 3.8) is 0 Å². The van der Waals surface area contributed by atoms with E-state index in [4.69, 9.17) is 28.3 Å². The van der Waals surface area contributed by atoms with Crippen molar-refractivity contribution in [2.24, 2.45) is 0 Å². The van der Waals surface area contributed by atoms with E-state index in [1.807, 2.05) is 30.3 Å². The van der Waals surface area contributed by atoms with Gasteiger partial charge in [-0.1, -0.05) is 12.1 Å². The first-order chi connectivity index (χ1) is 8.65. The quantitative estimate of drug-likeness (QED) is 0.641. The highest BCUT2D eigenvalue weighted by molar-refractivity contribution is 6.17. The van der Waals surface area contributed by atoms with Crippen molar-refractivity contribution in [3.8, 4) is 17.2 Å². The van der Waals surface area contributed by atoms with Crippen LogP contribution in [0.3, 0.4) is 0 Å². The van der Waals surface area contributed by atoms with Crippen LogP contribution in [0, 0.1) is 11.3 Å². The first-order valence-electron chi connectivity index (χ1n) is 5.40. The molecule has 0 bridgehead atoms. The van der Waals surface area contributed by atoms with E-state index < -0.39 is 0 Å². The average molecular weight is 258 g/mol. The Bertz CT molecular complexity index is 612. The van der Waals surface area contributed by atoms with Crippen molar-refractivity contribution in [2.45, 2.75) is 5.88 Å². The zero-order valence-electron chi connectivity index (χ0n) is 9.65. The number of alkyl halides is 1. The molecule has 0 aliphatic heterocycles. The molecular weight excluding hydrogens is 246 g/mol. The van der Waals surface area contributed by atoms with Gasteiger partial charge in [-0.15, -0.1) is 11.6 Å². The van der Waals surface area contributed by atoms with Crippen LogP contribution >= 0.6 is 11.6 Å². The highest BCUT2D eigenvalue weighted by Gasteiger charge is 2.08. The summed E-state index contributed by atoms with van der Waals surface area (Å²) < 4.78 is 0. The van der Waals surface area contributed by atoms with Crippen molar-refractivity contribution in [1.82, 2.24) is 0 Å². The molecule has 3 nitrogen and oxygen atoms in total. The molecule has 0 radical (unpaired) electrons. The average Bonchev–Trinajstić information content (AvgIpc) is 2.40. The summed E-state index contributed by atoms with van der Waals surface area (Å²) in [5, 5.41) is 9.06. The SMILES string of the molecule is N#Cc1cc(-c2ccc(N)cc2)cc(CCl)c1N. The molecular formula is C14H12ClN3. The predicted octanol–water partition coefficient (Wildman–Crippen LogP) is 3.13. The van der Waals surface area contributed by atoms with Crippen LogP contribution in [-0.2, 0) is 5.88 Å². The van der Waals surface area contributed by atoms with Gasteiger partial charge in [-0.3, -0.25) is 0 Å². The molecule has 0 heterocycles. The molecule has 0 fully saturated rings. The molecule has 0 aliphatic carbocycles. The minimum absolute atomic E-state index is 0.281. The van der Waals surface area contributed by atoms with E-state index >= 15 is 0 Å². The normalized spacial score (nSPS) is 10.0. The summed E-state index contributed by atoms with van der Waals surface area (Å²) in [6.07, 6.45) is 0. The van der Waals surface area contributed by atoms with Crippen LogP contribution in [0.1, 0.15) is 11.1 Å². The standard InChI is InChI=1S/C14H12ClN3/c15-7-11-5-10(6-12(8-16)14(11)18)9-1-3-13(17)4-2-9/h1-6H,7,17-18H2. The lowest BCUT2D eigenvalue weighted by Crippen LogP contribution is -1.97. The van der Waals surface area contributed by atoms with Crippen LogP contribution in [0.15, 0.2) is 36.4 Å². The van der Waals surface area contributed by atoms with Gasteiger partial charge in [0.1, 0.15) is 6.07 Å². The lowest BCUT2D eigenvalue weighted by molar-refractivity contribution is 1.38. The Morgan fingerprint density at radius 1 is 1.06 bits per heavy atom. The summed E-state index contributed by atoms with van der Waals surface area (Å²) in [7, 11) is 0. The van der Waals surface area contributed by atoms with E-state index in [9.17, 15) is 0 Å². The smallest absolute Gasteiger partial charge is 0.101 e. The first kappa shape index (κ1) is 12.3. The number of halogens is 1. The summed E-state index contributed by atoms with van der Waals surface area (Å²) >= 11 is 5.84. The highest BCUT2D eigenvalue weighted by atomic mass is 35.5. The number of hydrogen-bond donors (Lipinski definition) is 2. The Morgan fingerprint density at radius 3 is 2.28 bits per heavy atom. The number of nitrogens with two attached hydrogens (primary N) is 2. The van der Waals surface area contributed by atoms with Crippen LogP contribution < -0.4 is 11.5 Å². The molecule has 18 heavy (non-hydrogen) atoms. The van der Waals surface area contributed by atoms with Crippen LogP contribution in [-0.4, -0.2) is 0 Å². The van der Waals surface area contributed by atoms with Crippen molar-refractivity contribution in [3.05, 3.63) is 47.5 Å². The Hall–Kier alpha value is -2.18. The Morgan fingerprint density at radius 2 is 1.72 bits per heavy atom. The van der Waals surface area contributed by atoms with Crippen LogP contribution in [0.5, 0.6) is 0 Å². The molecule has 4 N–H and O–H groups in total. The number of rotatable bonds is 2. The lowest BCUT2D eigenvalue weighted by atomic mass is 9.99. The Balaban J connectivity index is 2.58. The second kappa shape index (κ2) is 4.99. The third kappa shape index (κ3) is 2.24. The zero-order chi connectivity index (χ0) is 13.1. The van der Waals surface area contributed by atoms with Gasteiger partial charge in [0.15, 0.2) is 0 Å². The first-order valence-corrected chi connectivity index (χ1v) is 5.93. The summed E-state index contributed by atoms with van der Waals surface area (Å²) in [6, 6.07) is 13.2. The molecule has 2 aromatic rings. The number of benzene rings is 2. The van der Waals surface area contributed by atoms with Gasteiger partial charge in [0, 0.05) is 11.6 Å². The van der Waals surface area contributed by atoms with E-state index in [0.29, 0.717) is 16.9 Å². The van der Waals surface area contributed by atoms with Crippen molar-refractivity contribution in [1.29, 1.82) is 5.26 Å². The fraction of sp³-hybridized carbons (Fsp3) is 0.0714. The molecule has 0 spiro atoms. The minimum atomic E-state index is 0.281. The van der Waals surface area contributed by atoms with Gasteiger partial charge in [-0.2, -0.15) is 5.26 Å². The summed E-state index contributed by atoms with van der Waals surface area (Å²) in [4.78, 5) is 0. The van der Waals surface area contributed by atoms with Crippen LogP contribution in [0.4, 0.5) is 11.4 Å². The number of nitrogen functional groups attached to an aromatic ring is 2. The molecule has 0 amide bonds. The number of nitrogens with zero attached hydrogens (tertiary/aromatic N) is 1. The van der Waals surface area contributed by atoms with E-state index in [2.05, 4.69) is 6.07 Å².